The zero-order chi connectivity index (χ0) is 12.4. The molecule has 0 aromatic carbocycles. The first-order valence-electron chi connectivity index (χ1n) is 5.79. The Hall–Kier alpha value is -1.20. The Morgan fingerprint density at radius 2 is 2.24 bits per heavy atom. The first-order valence-corrected chi connectivity index (χ1v) is 6.60. The predicted octanol–water partition coefficient (Wildman–Crippen LogP) is 2.35. The van der Waals surface area contributed by atoms with Gasteiger partial charge in [-0.05, 0) is 26.3 Å². The van der Waals surface area contributed by atoms with Gasteiger partial charge in [0.25, 0.3) is 0 Å². The number of aliphatic hydroxyl groups is 1. The molecule has 0 aliphatic rings. The SMILES string of the molecule is CCc1cc2c(NCC(C)O)nc(C)nc2s1. The summed E-state index contributed by atoms with van der Waals surface area (Å²) >= 11 is 1.71. The minimum Gasteiger partial charge on any atom is -0.392 e. The fourth-order valence-electron chi connectivity index (χ4n) is 1.63. The first-order chi connectivity index (χ1) is 8.10. The van der Waals surface area contributed by atoms with Crippen molar-refractivity contribution in [2.75, 3.05) is 11.9 Å². The molecule has 0 bridgehead atoms. The van der Waals surface area contributed by atoms with Gasteiger partial charge in [-0.2, -0.15) is 0 Å². The van der Waals surface area contributed by atoms with Crippen molar-refractivity contribution in [2.45, 2.75) is 33.3 Å². The average Bonchev–Trinajstić information content (AvgIpc) is 2.68. The molecule has 0 aliphatic carbocycles. The molecule has 2 aromatic heterocycles. The van der Waals surface area contributed by atoms with Gasteiger partial charge in [-0.25, -0.2) is 9.97 Å². The van der Waals surface area contributed by atoms with E-state index in [0.717, 1.165) is 28.3 Å². The van der Waals surface area contributed by atoms with Crippen molar-refractivity contribution >= 4 is 27.4 Å². The van der Waals surface area contributed by atoms with Crippen LogP contribution in [0.5, 0.6) is 0 Å². The monoisotopic (exact) mass is 251 g/mol. The van der Waals surface area contributed by atoms with Crippen LogP contribution in [0.15, 0.2) is 6.07 Å². The third-order valence-corrected chi connectivity index (χ3v) is 3.64. The van der Waals surface area contributed by atoms with Gasteiger partial charge >= 0.3 is 0 Å². The molecule has 0 fully saturated rings. The number of aliphatic hydroxyl groups excluding tert-OH is 1. The highest BCUT2D eigenvalue weighted by Gasteiger charge is 2.09. The van der Waals surface area contributed by atoms with Crippen LogP contribution in [0.25, 0.3) is 10.2 Å². The van der Waals surface area contributed by atoms with Crippen LogP contribution in [-0.2, 0) is 6.42 Å². The van der Waals surface area contributed by atoms with Gasteiger partial charge in [-0.1, -0.05) is 6.92 Å². The largest absolute Gasteiger partial charge is 0.392 e. The van der Waals surface area contributed by atoms with Crippen LogP contribution in [0.4, 0.5) is 5.82 Å². The average molecular weight is 251 g/mol. The highest BCUT2D eigenvalue weighted by atomic mass is 32.1. The van der Waals surface area contributed by atoms with E-state index in [4.69, 9.17) is 0 Å². The zero-order valence-electron chi connectivity index (χ0n) is 10.3. The van der Waals surface area contributed by atoms with Crippen LogP contribution in [0.3, 0.4) is 0 Å². The quantitative estimate of drug-likeness (QED) is 0.875. The Morgan fingerprint density at radius 3 is 2.88 bits per heavy atom. The normalized spacial score (nSPS) is 12.9. The minimum absolute atomic E-state index is 0.385. The van der Waals surface area contributed by atoms with E-state index in [-0.39, 0.29) is 6.10 Å². The molecule has 1 atom stereocenters. The van der Waals surface area contributed by atoms with Gasteiger partial charge < -0.3 is 10.4 Å². The third kappa shape index (κ3) is 2.73. The number of anilines is 1. The summed E-state index contributed by atoms with van der Waals surface area (Å²) in [6.45, 7) is 6.28. The second kappa shape index (κ2) is 4.98. The second-order valence-electron chi connectivity index (χ2n) is 4.13. The molecule has 2 aromatic rings. The highest BCUT2D eigenvalue weighted by molar-refractivity contribution is 7.18. The standard InChI is InChI=1S/C12H17N3OS/c1-4-9-5-10-11(13-6-7(2)16)14-8(3)15-12(10)17-9/h5,7,16H,4,6H2,1-3H3,(H,13,14,15). The van der Waals surface area contributed by atoms with Gasteiger partial charge in [0.15, 0.2) is 0 Å². The van der Waals surface area contributed by atoms with Gasteiger partial charge in [-0.15, -0.1) is 11.3 Å². The van der Waals surface area contributed by atoms with E-state index in [2.05, 4.69) is 28.3 Å². The Morgan fingerprint density at radius 1 is 1.47 bits per heavy atom. The van der Waals surface area contributed by atoms with E-state index in [1.54, 1.807) is 18.3 Å². The number of thiophene rings is 1. The second-order valence-corrected chi connectivity index (χ2v) is 5.25. The van der Waals surface area contributed by atoms with E-state index in [0.29, 0.717) is 6.54 Å². The smallest absolute Gasteiger partial charge is 0.138 e. The zero-order valence-corrected chi connectivity index (χ0v) is 11.1. The van der Waals surface area contributed by atoms with Crippen LogP contribution < -0.4 is 5.32 Å². The number of nitrogens with one attached hydrogen (secondary N) is 1. The lowest BCUT2D eigenvalue weighted by Crippen LogP contribution is -2.16. The van der Waals surface area contributed by atoms with Gasteiger partial charge in [0.2, 0.25) is 0 Å². The maximum Gasteiger partial charge on any atom is 0.138 e. The van der Waals surface area contributed by atoms with E-state index < -0.39 is 0 Å². The molecule has 5 heteroatoms. The molecule has 4 nitrogen and oxygen atoms in total. The molecule has 92 valence electrons. The number of fused-ring (bicyclic) bond motifs is 1. The number of hydrogen-bond donors (Lipinski definition) is 2. The Bertz CT molecular complexity index is 522. The molecule has 0 amide bonds. The number of rotatable bonds is 4. The fourth-order valence-corrected chi connectivity index (χ4v) is 2.64. The summed E-state index contributed by atoms with van der Waals surface area (Å²) in [4.78, 5) is 11.2. The molecule has 0 spiro atoms. The van der Waals surface area contributed by atoms with Crippen molar-refractivity contribution in [3.8, 4) is 0 Å². The van der Waals surface area contributed by atoms with Crippen LogP contribution in [0.2, 0.25) is 0 Å². The summed E-state index contributed by atoms with van der Waals surface area (Å²) in [5.74, 6) is 1.58. The lowest BCUT2D eigenvalue weighted by atomic mass is 10.3. The predicted molar refractivity (Wildman–Crippen MR) is 71.7 cm³/mol. The van der Waals surface area contributed by atoms with Gasteiger partial charge in [0.1, 0.15) is 16.5 Å². The topological polar surface area (TPSA) is 58.0 Å². The minimum atomic E-state index is -0.385. The molecule has 2 heterocycles. The molecule has 0 radical (unpaired) electrons. The lowest BCUT2D eigenvalue weighted by Gasteiger charge is -2.08. The molecule has 1 unspecified atom stereocenters. The van der Waals surface area contributed by atoms with E-state index in [1.165, 1.54) is 4.88 Å². The summed E-state index contributed by atoms with van der Waals surface area (Å²) in [6, 6.07) is 2.13. The number of aryl methyl sites for hydroxylation is 2. The molecule has 17 heavy (non-hydrogen) atoms. The van der Waals surface area contributed by atoms with E-state index in [1.807, 2.05) is 6.92 Å². The maximum absolute atomic E-state index is 9.30. The van der Waals surface area contributed by atoms with Crippen LogP contribution >= 0.6 is 11.3 Å². The van der Waals surface area contributed by atoms with Gasteiger partial charge in [0, 0.05) is 11.4 Å². The Balaban J connectivity index is 2.41. The van der Waals surface area contributed by atoms with Crippen molar-refractivity contribution in [2.24, 2.45) is 0 Å². The fraction of sp³-hybridized carbons (Fsp3) is 0.500. The number of nitrogens with zero attached hydrogens (tertiary/aromatic N) is 2. The van der Waals surface area contributed by atoms with Crippen molar-refractivity contribution in [1.29, 1.82) is 0 Å². The third-order valence-electron chi connectivity index (χ3n) is 2.47. The van der Waals surface area contributed by atoms with Crippen molar-refractivity contribution in [3.05, 3.63) is 16.8 Å². The lowest BCUT2D eigenvalue weighted by molar-refractivity contribution is 0.208. The molecule has 0 aliphatic heterocycles. The summed E-state index contributed by atoms with van der Waals surface area (Å²) in [7, 11) is 0. The summed E-state index contributed by atoms with van der Waals surface area (Å²) in [5.41, 5.74) is 0. The first kappa shape index (κ1) is 12.3. The molecule has 0 saturated carbocycles. The molecule has 2 N–H and O–H groups in total. The highest BCUT2D eigenvalue weighted by Crippen LogP contribution is 2.29. The summed E-state index contributed by atoms with van der Waals surface area (Å²) in [5, 5.41) is 13.5. The Kier molecular flexibility index (Phi) is 3.59. The summed E-state index contributed by atoms with van der Waals surface area (Å²) in [6.07, 6.45) is 0.625. The molecular formula is C12H17N3OS. The maximum atomic E-state index is 9.30. The van der Waals surface area contributed by atoms with Crippen LogP contribution in [-0.4, -0.2) is 27.7 Å². The molecular weight excluding hydrogens is 234 g/mol. The van der Waals surface area contributed by atoms with Gasteiger partial charge in [-0.3, -0.25) is 0 Å². The number of hydrogen-bond acceptors (Lipinski definition) is 5. The van der Waals surface area contributed by atoms with E-state index >= 15 is 0 Å². The van der Waals surface area contributed by atoms with E-state index in [9.17, 15) is 5.11 Å². The van der Waals surface area contributed by atoms with Crippen LogP contribution in [0.1, 0.15) is 24.5 Å². The van der Waals surface area contributed by atoms with Crippen molar-refractivity contribution in [3.63, 3.8) is 0 Å². The van der Waals surface area contributed by atoms with Gasteiger partial charge in [0.05, 0.1) is 11.5 Å². The molecule has 0 saturated heterocycles. The Labute approximate surface area is 105 Å². The van der Waals surface area contributed by atoms with Crippen molar-refractivity contribution < 1.29 is 5.11 Å². The number of aromatic nitrogens is 2. The summed E-state index contributed by atoms with van der Waals surface area (Å²) < 4.78 is 0. The molecule has 2 rings (SSSR count). The van der Waals surface area contributed by atoms with Crippen molar-refractivity contribution in [1.82, 2.24) is 9.97 Å². The van der Waals surface area contributed by atoms with Crippen LogP contribution in [0, 0.1) is 6.92 Å².